The molecule has 0 spiro atoms. The summed E-state index contributed by atoms with van der Waals surface area (Å²) in [5, 5.41) is 0. The topological polar surface area (TPSA) is 78.9 Å². The molecule has 0 saturated heterocycles. The average Bonchev–Trinajstić information content (AvgIpc) is 3.24. The van der Waals surface area contributed by atoms with Crippen LogP contribution in [0.2, 0.25) is 0 Å². The lowest BCUT2D eigenvalue weighted by atomic mass is 10.1. The quantitative estimate of drug-likeness (QED) is 0.0264. The summed E-state index contributed by atoms with van der Waals surface area (Å²) in [6, 6.07) is 0. The van der Waals surface area contributed by atoms with Crippen LogP contribution in [0, 0.1) is 0 Å². The van der Waals surface area contributed by atoms with Crippen molar-refractivity contribution in [2.75, 3.05) is 13.2 Å². The Labute approximate surface area is 368 Å². The van der Waals surface area contributed by atoms with E-state index in [2.05, 4.69) is 118 Å². The van der Waals surface area contributed by atoms with Gasteiger partial charge in [0.1, 0.15) is 13.2 Å². The third kappa shape index (κ3) is 45.4. The molecule has 0 amide bonds. The number of hydrogen-bond donors (Lipinski definition) is 0. The fourth-order valence-corrected chi connectivity index (χ4v) is 6.17. The minimum Gasteiger partial charge on any atom is -0.462 e. The highest BCUT2D eigenvalue weighted by atomic mass is 16.6. The first kappa shape index (κ1) is 56.3. The summed E-state index contributed by atoms with van der Waals surface area (Å²) in [6.45, 7) is 6.37. The Balaban J connectivity index is 4.39. The van der Waals surface area contributed by atoms with Crippen molar-refractivity contribution in [3.8, 4) is 0 Å². The number of ether oxygens (including phenoxy) is 3. The molecule has 0 bridgehead atoms. The normalized spacial score (nSPS) is 12.9. The van der Waals surface area contributed by atoms with E-state index in [1.165, 1.54) is 44.9 Å². The maximum Gasteiger partial charge on any atom is 0.306 e. The smallest absolute Gasteiger partial charge is 0.306 e. The second-order valence-electron chi connectivity index (χ2n) is 15.6. The van der Waals surface area contributed by atoms with Crippen molar-refractivity contribution in [2.45, 2.75) is 213 Å². The first-order chi connectivity index (χ1) is 29.5. The second kappa shape index (κ2) is 48.0. The summed E-state index contributed by atoms with van der Waals surface area (Å²) in [6.07, 6.45) is 62.6. The third-order valence-corrected chi connectivity index (χ3v) is 9.82. The van der Waals surface area contributed by atoms with E-state index in [9.17, 15) is 14.4 Å². The summed E-state index contributed by atoms with van der Waals surface area (Å²) in [7, 11) is 0. The van der Waals surface area contributed by atoms with Gasteiger partial charge < -0.3 is 14.2 Å². The zero-order valence-electron chi connectivity index (χ0n) is 38.7. The van der Waals surface area contributed by atoms with Crippen LogP contribution >= 0.6 is 0 Å². The van der Waals surface area contributed by atoms with Gasteiger partial charge in [-0.25, -0.2) is 0 Å². The standard InChI is InChI=1S/C54H88O6/c1-4-7-10-13-16-18-20-22-24-25-26-27-28-29-30-32-33-35-38-41-44-47-53(56)59-50-51(49-58-52(55)46-43-40-37-15-12-9-6-3)60-54(57)48-45-42-39-36-34-31-23-21-19-17-14-11-8-5-2/h7,10,14,16-18,21-24,26-27,29-30,33,35,51H,4-6,8-9,11-13,15,19-20,25,28,31-32,34,36-50H2,1-3H3/b10-7-,17-14-,18-16-,23-21-,24-22-,27-26-,30-29-,35-33-. The van der Waals surface area contributed by atoms with E-state index in [4.69, 9.17) is 14.2 Å². The molecule has 0 aromatic rings. The van der Waals surface area contributed by atoms with Crippen molar-refractivity contribution in [2.24, 2.45) is 0 Å². The molecule has 0 saturated carbocycles. The first-order valence-corrected chi connectivity index (χ1v) is 24.2. The predicted octanol–water partition coefficient (Wildman–Crippen LogP) is 15.8. The number of hydrogen-bond acceptors (Lipinski definition) is 6. The molecule has 0 aromatic heterocycles. The van der Waals surface area contributed by atoms with Gasteiger partial charge in [-0.3, -0.25) is 14.4 Å². The molecule has 6 nitrogen and oxygen atoms in total. The highest BCUT2D eigenvalue weighted by Gasteiger charge is 2.19. The molecule has 0 heterocycles. The molecule has 340 valence electrons. The summed E-state index contributed by atoms with van der Waals surface area (Å²) in [5.74, 6) is -0.972. The van der Waals surface area contributed by atoms with Gasteiger partial charge in [-0.15, -0.1) is 0 Å². The Morgan fingerprint density at radius 3 is 1.10 bits per heavy atom. The highest BCUT2D eigenvalue weighted by Crippen LogP contribution is 2.12. The molecule has 0 aliphatic rings. The molecule has 0 fully saturated rings. The Kier molecular flexibility index (Phi) is 45.1. The molecular formula is C54H88O6. The second-order valence-corrected chi connectivity index (χ2v) is 15.6. The number of rotatable bonds is 42. The minimum atomic E-state index is -0.799. The van der Waals surface area contributed by atoms with Gasteiger partial charge in [-0.2, -0.15) is 0 Å². The predicted molar refractivity (Wildman–Crippen MR) is 256 cm³/mol. The van der Waals surface area contributed by atoms with Crippen LogP contribution in [-0.2, 0) is 28.6 Å². The first-order valence-electron chi connectivity index (χ1n) is 24.2. The van der Waals surface area contributed by atoms with Crippen LogP contribution in [0.25, 0.3) is 0 Å². The molecule has 6 heteroatoms. The zero-order valence-corrected chi connectivity index (χ0v) is 38.7. The van der Waals surface area contributed by atoms with Gasteiger partial charge >= 0.3 is 17.9 Å². The van der Waals surface area contributed by atoms with Crippen molar-refractivity contribution in [3.63, 3.8) is 0 Å². The largest absolute Gasteiger partial charge is 0.462 e. The van der Waals surface area contributed by atoms with Crippen molar-refractivity contribution >= 4 is 17.9 Å². The van der Waals surface area contributed by atoms with Crippen LogP contribution in [0.15, 0.2) is 97.2 Å². The zero-order chi connectivity index (χ0) is 43.7. The molecule has 0 N–H and O–H groups in total. The van der Waals surface area contributed by atoms with Gasteiger partial charge in [0.15, 0.2) is 6.10 Å². The number of carbonyl (C=O) groups excluding carboxylic acids is 3. The fourth-order valence-electron chi connectivity index (χ4n) is 6.17. The number of carbonyl (C=O) groups is 3. The Bertz CT molecular complexity index is 1230. The van der Waals surface area contributed by atoms with E-state index in [0.29, 0.717) is 19.3 Å². The summed E-state index contributed by atoms with van der Waals surface area (Å²) in [5.41, 5.74) is 0. The maximum atomic E-state index is 12.7. The van der Waals surface area contributed by atoms with E-state index >= 15 is 0 Å². The SMILES string of the molecule is CC/C=C\C/C=C\C/C=C\C/C=C\C/C=C\C/C=C\CCCCC(=O)OCC(COC(=O)CCCCCCCCC)OC(=O)CCCCCCC/C=C\C/C=C\CCCC. The summed E-state index contributed by atoms with van der Waals surface area (Å²) >= 11 is 0. The van der Waals surface area contributed by atoms with Crippen molar-refractivity contribution in [1.29, 1.82) is 0 Å². The van der Waals surface area contributed by atoms with Gasteiger partial charge in [0, 0.05) is 19.3 Å². The van der Waals surface area contributed by atoms with Crippen LogP contribution in [0.1, 0.15) is 207 Å². The van der Waals surface area contributed by atoms with E-state index < -0.39 is 6.10 Å². The number of allylic oxidation sites excluding steroid dienone is 16. The molecule has 1 atom stereocenters. The van der Waals surface area contributed by atoms with Crippen molar-refractivity contribution in [3.05, 3.63) is 97.2 Å². The number of esters is 3. The van der Waals surface area contributed by atoms with Crippen molar-refractivity contribution in [1.82, 2.24) is 0 Å². The highest BCUT2D eigenvalue weighted by molar-refractivity contribution is 5.71. The minimum absolute atomic E-state index is 0.0981. The summed E-state index contributed by atoms with van der Waals surface area (Å²) < 4.78 is 16.6. The molecule has 0 aliphatic heterocycles. The van der Waals surface area contributed by atoms with E-state index in [1.807, 2.05) is 0 Å². The summed E-state index contributed by atoms with van der Waals surface area (Å²) in [4.78, 5) is 37.7. The van der Waals surface area contributed by atoms with Crippen LogP contribution < -0.4 is 0 Å². The lowest BCUT2D eigenvalue weighted by molar-refractivity contribution is -0.167. The fraction of sp³-hybridized carbons (Fsp3) is 0.648. The van der Waals surface area contributed by atoms with Gasteiger partial charge in [-0.05, 0) is 96.3 Å². The third-order valence-electron chi connectivity index (χ3n) is 9.82. The monoisotopic (exact) mass is 833 g/mol. The maximum absolute atomic E-state index is 12.7. The molecule has 0 rings (SSSR count). The number of unbranched alkanes of at least 4 members (excludes halogenated alkanes) is 15. The molecule has 60 heavy (non-hydrogen) atoms. The molecular weight excluding hydrogens is 745 g/mol. The Morgan fingerprint density at radius 2 is 0.667 bits per heavy atom. The Hall–Kier alpha value is -3.67. The molecule has 0 aliphatic carbocycles. The van der Waals surface area contributed by atoms with E-state index in [1.54, 1.807) is 0 Å². The average molecular weight is 833 g/mol. The lowest BCUT2D eigenvalue weighted by Crippen LogP contribution is -2.30. The molecule has 0 radical (unpaired) electrons. The van der Waals surface area contributed by atoms with E-state index in [0.717, 1.165) is 122 Å². The van der Waals surface area contributed by atoms with Crippen molar-refractivity contribution < 1.29 is 28.6 Å². The lowest BCUT2D eigenvalue weighted by Gasteiger charge is -2.18. The van der Waals surface area contributed by atoms with E-state index in [-0.39, 0.29) is 31.1 Å². The van der Waals surface area contributed by atoms with Crippen LogP contribution in [0.3, 0.4) is 0 Å². The van der Waals surface area contributed by atoms with Gasteiger partial charge in [0.2, 0.25) is 0 Å². The van der Waals surface area contributed by atoms with Gasteiger partial charge in [0.05, 0.1) is 0 Å². The molecule has 1 unspecified atom stereocenters. The van der Waals surface area contributed by atoms with Crippen LogP contribution in [-0.4, -0.2) is 37.2 Å². The van der Waals surface area contributed by atoms with Crippen LogP contribution in [0.5, 0.6) is 0 Å². The Morgan fingerprint density at radius 1 is 0.350 bits per heavy atom. The molecule has 0 aromatic carbocycles. The van der Waals surface area contributed by atoms with Gasteiger partial charge in [-0.1, -0.05) is 189 Å². The van der Waals surface area contributed by atoms with Gasteiger partial charge in [0.25, 0.3) is 0 Å². The van der Waals surface area contributed by atoms with Crippen LogP contribution in [0.4, 0.5) is 0 Å².